The van der Waals surface area contributed by atoms with Crippen LogP contribution in [0.5, 0.6) is 11.5 Å². The lowest BCUT2D eigenvalue weighted by molar-refractivity contribution is 0.0697. The first kappa shape index (κ1) is 26.7. The predicted molar refractivity (Wildman–Crippen MR) is 141 cm³/mol. The molecule has 0 unspecified atom stereocenters. The van der Waals surface area contributed by atoms with E-state index in [-0.39, 0.29) is 16.4 Å². The number of aromatic hydroxyl groups is 1. The molecule has 36 heavy (non-hydrogen) atoms. The number of ether oxygens (including phenoxy) is 1. The van der Waals surface area contributed by atoms with E-state index in [1.165, 1.54) is 12.3 Å². The van der Waals surface area contributed by atoms with E-state index in [9.17, 15) is 20.3 Å². The SMILES string of the molecule is CC(C)(C)c1cc(CCCOc2ccc(-c3ncccc3C(=O)O)cc2C#N)cc(C(C)(C)C)c1O. The lowest BCUT2D eigenvalue weighted by atomic mass is 9.78. The summed E-state index contributed by atoms with van der Waals surface area (Å²) in [4.78, 5) is 15.7. The van der Waals surface area contributed by atoms with Crippen molar-refractivity contribution in [2.75, 3.05) is 6.61 Å². The van der Waals surface area contributed by atoms with Crippen LogP contribution in [0.2, 0.25) is 0 Å². The first-order valence-corrected chi connectivity index (χ1v) is 12.1. The number of aromatic carboxylic acids is 1. The minimum Gasteiger partial charge on any atom is -0.507 e. The molecule has 0 fully saturated rings. The predicted octanol–water partition coefficient (Wildman–Crippen LogP) is 6.63. The van der Waals surface area contributed by atoms with Gasteiger partial charge in [0.15, 0.2) is 0 Å². The normalized spacial score (nSPS) is 11.7. The molecule has 0 aliphatic carbocycles. The van der Waals surface area contributed by atoms with Crippen LogP contribution in [0.25, 0.3) is 11.3 Å². The minimum absolute atomic E-state index is 0.0770. The largest absolute Gasteiger partial charge is 0.507 e. The highest BCUT2D eigenvalue weighted by Gasteiger charge is 2.26. The van der Waals surface area contributed by atoms with Crippen molar-refractivity contribution >= 4 is 5.97 Å². The maximum Gasteiger partial charge on any atom is 0.337 e. The van der Waals surface area contributed by atoms with Crippen LogP contribution in [0.3, 0.4) is 0 Å². The summed E-state index contributed by atoms with van der Waals surface area (Å²) in [5.74, 6) is -0.256. The second-order valence-electron chi connectivity index (χ2n) is 11.0. The molecule has 0 aliphatic rings. The molecule has 0 aliphatic heterocycles. The third-order valence-electron chi connectivity index (χ3n) is 6.06. The van der Waals surface area contributed by atoms with Crippen molar-refractivity contribution in [2.45, 2.75) is 65.2 Å². The summed E-state index contributed by atoms with van der Waals surface area (Å²) in [6.07, 6.45) is 3.02. The molecule has 0 bridgehead atoms. The lowest BCUT2D eigenvalue weighted by Crippen LogP contribution is -2.18. The third-order valence-corrected chi connectivity index (χ3v) is 6.06. The number of pyridine rings is 1. The highest BCUT2D eigenvalue weighted by Crippen LogP contribution is 2.40. The van der Waals surface area contributed by atoms with Gasteiger partial charge in [-0.2, -0.15) is 5.26 Å². The van der Waals surface area contributed by atoms with Gasteiger partial charge in [0.25, 0.3) is 0 Å². The Morgan fingerprint density at radius 3 is 2.22 bits per heavy atom. The molecule has 0 spiro atoms. The van der Waals surface area contributed by atoms with Gasteiger partial charge >= 0.3 is 5.97 Å². The molecule has 2 aromatic carbocycles. The average molecular weight is 487 g/mol. The zero-order valence-electron chi connectivity index (χ0n) is 21.8. The third kappa shape index (κ3) is 6.04. The van der Waals surface area contributed by atoms with Gasteiger partial charge in [-0.1, -0.05) is 53.7 Å². The second-order valence-corrected chi connectivity index (χ2v) is 11.0. The number of phenolic OH excluding ortho intramolecular Hbond substituents is 1. The van der Waals surface area contributed by atoms with Gasteiger partial charge in [0.1, 0.15) is 17.6 Å². The number of hydrogen-bond donors (Lipinski definition) is 2. The highest BCUT2D eigenvalue weighted by atomic mass is 16.5. The average Bonchev–Trinajstić information content (AvgIpc) is 2.81. The molecule has 2 N–H and O–H groups in total. The van der Waals surface area contributed by atoms with Gasteiger partial charge in [-0.05, 0) is 70.7 Å². The van der Waals surface area contributed by atoms with Crippen LogP contribution >= 0.6 is 0 Å². The van der Waals surface area contributed by atoms with E-state index in [2.05, 4.69) is 64.7 Å². The Balaban J connectivity index is 1.76. The fourth-order valence-corrected chi connectivity index (χ4v) is 4.14. The Labute approximate surface area is 213 Å². The number of nitrogens with zero attached hydrogens (tertiary/aromatic N) is 2. The molecule has 6 nitrogen and oxygen atoms in total. The van der Waals surface area contributed by atoms with Crippen LogP contribution in [0, 0.1) is 11.3 Å². The minimum atomic E-state index is -1.07. The number of aromatic nitrogens is 1. The Hall–Kier alpha value is -3.85. The smallest absolute Gasteiger partial charge is 0.337 e. The van der Waals surface area contributed by atoms with Crippen LogP contribution in [-0.4, -0.2) is 27.8 Å². The van der Waals surface area contributed by atoms with Gasteiger partial charge in [0, 0.05) is 11.8 Å². The van der Waals surface area contributed by atoms with Crippen molar-refractivity contribution in [2.24, 2.45) is 0 Å². The first-order chi connectivity index (χ1) is 16.8. The number of phenols is 1. The summed E-state index contributed by atoms with van der Waals surface area (Å²) in [5, 5.41) is 30.0. The van der Waals surface area contributed by atoms with Gasteiger partial charge in [-0.15, -0.1) is 0 Å². The molecule has 188 valence electrons. The summed E-state index contributed by atoms with van der Waals surface area (Å²) < 4.78 is 5.93. The molecule has 1 aromatic heterocycles. The number of aryl methyl sites for hydroxylation is 1. The Morgan fingerprint density at radius 2 is 1.67 bits per heavy atom. The number of carboxylic acid groups (broad SMARTS) is 1. The van der Waals surface area contributed by atoms with E-state index in [4.69, 9.17) is 4.74 Å². The lowest BCUT2D eigenvalue weighted by Gasteiger charge is -2.28. The Kier molecular flexibility index (Phi) is 7.74. The molecule has 3 rings (SSSR count). The standard InChI is InChI=1S/C30H34N2O4/c1-29(2,3)23-15-19(16-24(27(23)33)30(4,5)6)9-8-14-36-25-12-11-20(17-21(25)18-31)26-22(28(34)35)10-7-13-32-26/h7,10-13,15-17,33H,8-9,14H2,1-6H3,(H,34,35). The van der Waals surface area contributed by atoms with Crippen molar-refractivity contribution in [3.05, 3.63) is 76.5 Å². The summed E-state index contributed by atoms with van der Waals surface area (Å²) in [5.41, 5.74) is 3.89. The summed E-state index contributed by atoms with van der Waals surface area (Å²) in [6.45, 7) is 13.0. The number of carboxylic acids is 1. The van der Waals surface area contributed by atoms with E-state index in [0.29, 0.717) is 34.9 Å². The van der Waals surface area contributed by atoms with Crippen molar-refractivity contribution < 1.29 is 19.7 Å². The molecule has 6 heteroatoms. The molecular weight excluding hydrogens is 452 g/mol. The van der Waals surface area contributed by atoms with Crippen molar-refractivity contribution in [1.82, 2.24) is 4.98 Å². The molecule has 1 heterocycles. The van der Waals surface area contributed by atoms with Crippen LogP contribution in [0.4, 0.5) is 0 Å². The molecule has 0 saturated heterocycles. The Morgan fingerprint density at radius 1 is 1.03 bits per heavy atom. The Bertz CT molecular complexity index is 1270. The topological polar surface area (TPSA) is 103 Å². The maximum absolute atomic E-state index is 11.5. The van der Waals surface area contributed by atoms with Crippen molar-refractivity contribution in [3.8, 4) is 28.8 Å². The first-order valence-electron chi connectivity index (χ1n) is 12.1. The summed E-state index contributed by atoms with van der Waals surface area (Å²) in [7, 11) is 0. The monoisotopic (exact) mass is 486 g/mol. The number of benzene rings is 2. The summed E-state index contributed by atoms with van der Waals surface area (Å²) >= 11 is 0. The van der Waals surface area contributed by atoms with Crippen LogP contribution < -0.4 is 4.74 Å². The molecule has 0 amide bonds. The molecule has 0 atom stereocenters. The van der Waals surface area contributed by atoms with E-state index in [0.717, 1.165) is 29.5 Å². The fraction of sp³-hybridized carbons (Fsp3) is 0.367. The van der Waals surface area contributed by atoms with Crippen molar-refractivity contribution in [1.29, 1.82) is 5.26 Å². The van der Waals surface area contributed by atoms with Gasteiger partial charge in [-0.3, -0.25) is 4.98 Å². The number of carbonyl (C=O) groups is 1. The zero-order valence-corrected chi connectivity index (χ0v) is 21.8. The molecular formula is C30H34N2O4. The molecule has 0 saturated carbocycles. The van der Waals surface area contributed by atoms with Crippen LogP contribution in [-0.2, 0) is 17.3 Å². The highest BCUT2D eigenvalue weighted by molar-refractivity contribution is 5.94. The van der Waals surface area contributed by atoms with Gasteiger partial charge in [0.05, 0.1) is 23.4 Å². The second kappa shape index (κ2) is 10.4. The molecule has 3 aromatic rings. The van der Waals surface area contributed by atoms with Gasteiger partial charge in [-0.25, -0.2) is 4.79 Å². The number of hydrogen-bond acceptors (Lipinski definition) is 5. The number of nitriles is 1. The quantitative estimate of drug-likeness (QED) is 0.363. The van der Waals surface area contributed by atoms with Crippen LogP contribution in [0.1, 0.15) is 80.6 Å². The van der Waals surface area contributed by atoms with E-state index < -0.39 is 5.97 Å². The van der Waals surface area contributed by atoms with Gasteiger partial charge in [0.2, 0.25) is 0 Å². The van der Waals surface area contributed by atoms with Gasteiger partial charge < -0.3 is 14.9 Å². The van der Waals surface area contributed by atoms with E-state index in [1.807, 2.05) is 0 Å². The number of rotatable bonds is 7. The fourth-order valence-electron chi connectivity index (χ4n) is 4.14. The van der Waals surface area contributed by atoms with E-state index in [1.54, 1.807) is 24.3 Å². The molecule has 0 radical (unpaired) electrons. The van der Waals surface area contributed by atoms with Crippen LogP contribution in [0.15, 0.2) is 48.7 Å². The van der Waals surface area contributed by atoms with E-state index >= 15 is 0 Å². The maximum atomic E-state index is 11.5. The summed E-state index contributed by atoms with van der Waals surface area (Å²) in [6, 6.07) is 14.4. The van der Waals surface area contributed by atoms with Crippen molar-refractivity contribution in [3.63, 3.8) is 0 Å². The zero-order chi connectivity index (χ0) is 26.7.